The van der Waals surface area contributed by atoms with Gasteiger partial charge < -0.3 is 9.47 Å². The lowest BCUT2D eigenvalue weighted by Gasteiger charge is -2.62. The lowest BCUT2D eigenvalue weighted by Crippen LogP contribution is -2.60. The molecule has 4 aliphatic rings. The van der Waals surface area contributed by atoms with E-state index in [2.05, 4.69) is 27.7 Å². The number of carbonyl (C=O) groups excluding carboxylic acids is 3. The van der Waals surface area contributed by atoms with Crippen LogP contribution in [0.5, 0.6) is 0 Å². The largest absolute Gasteiger partial charge is 0.469 e. The molecule has 0 saturated heterocycles. The third kappa shape index (κ3) is 4.13. The molecule has 0 aromatic rings. The van der Waals surface area contributed by atoms with Crippen molar-refractivity contribution >= 4 is 17.7 Å². The quantitative estimate of drug-likeness (QED) is 0.443. The van der Waals surface area contributed by atoms with Crippen LogP contribution in [0.1, 0.15) is 98.8 Å². The number of hydrogen-bond donors (Lipinski definition) is 0. The van der Waals surface area contributed by atoms with Crippen molar-refractivity contribution in [1.29, 1.82) is 0 Å². The van der Waals surface area contributed by atoms with Gasteiger partial charge in [0.05, 0.1) is 7.11 Å². The minimum Gasteiger partial charge on any atom is -0.469 e. The highest BCUT2D eigenvalue weighted by Crippen LogP contribution is 2.68. The molecule has 0 aliphatic heterocycles. The monoisotopic (exact) mass is 474 g/mol. The van der Waals surface area contributed by atoms with Gasteiger partial charge in [-0.15, -0.1) is 0 Å². The second-order valence-electron chi connectivity index (χ2n) is 12.6. The molecule has 34 heavy (non-hydrogen) atoms. The summed E-state index contributed by atoms with van der Waals surface area (Å²) in [5.41, 5.74) is 0.342. The molecule has 4 rings (SSSR count). The van der Waals surface area contributed by atoms with Crippen LogP contribution in [-0.4, -0.2) is 30.9 Å². The van der Waals surface area contributed by atoms with E-state index in [0.717, 1.165) is 44.9 Å². The fourth-order valence-corrected chi connectivity index (χ4v) is 9.59. The van der Waals surface area contributed by atoms with Gasteiger partial charge in [0.2, 0.25) is 0 Å². The van der Waals surface area contributed by atoms with Crippen LogP contribution in [-0.2, 0) is 23.9 Å². The Morgan fingerprint density at radius 2 is 1.71 bits per heavy atom. The molecule has 5 unspecified atom stereocenters. The number of ether oxygens (including phenoxy) is 2. The van der Waals surface area contributed by atoms with Gasteiger partial charge in [-0.1, -0.05) is 27.7 Å². The first kappa shape index (κ1) is 25.7. The van der Waals surface area contributed by atoms with Crippen molar-refractivity contribution in [2.75, 3.05) is 7.11 Å². The highest BCUT2D eigenvalue weighted by molar-refractivity contribution is 5.86. The Balaban J connectivity index is 1.57. The molecule has 0 N–H and O–H groups in total. The third-order valence-electron chi connectivity index (χ3n) is 11.2. The average molecular weight is 475 g/mol. The minimum atomic E-state index is -0.201. The Kier molecular flexibility index (Phi) is 7.24. The highest BCUT2D eigenvalue weighted by atomic mass is 16.5. The van der Waals surface area contributed by atoms with E-state index in [0.29, 0.717) is 41.8 Å². The first-order chi connectivity index (χ1) is 16.1. The molecule has 0 radical (unpaired) electrons. The van der Waals surface area contributed by atoms with Gasteiger partial charge in [-0.05, 0) is 98.2 Å². The summed E-state index contributed by atoms with van der Waals surface area (Å²) in [6.45, 7) is 10.9. The molecule has 0 bridgehead atoms. The number of ketones is 1. The number of carbonyl (C=O) groups is 3. The van der Waals surface area contributed by atoms with E-state index in [1.54, 1.807) is 0 Å². The molecule has 4 fully saturated rings. The molecule has 4 aliphatic carbocycles. The Bertz CT molecular complexity index is 806. The second kappa shape index (κ2) is 9.58. The number of esters is 2. The van der Waals surface area contributed by atoms with Crippen LogP contribution in [0.4, 0.5) is 0 Å². The van der Waals surface area contributed by atoms with Gasteiger partial charge in [0.25, 0.3) is 0 Å². The smallest absolute Gasteiger partial charge is 0.305 e. The fraction of sp³-hybridized carbons (Fsp3) is 0.897. The standard InChI is InChI=1S/C29H46O5/c1-7-20-24-16-19(34-18(3)30)12-14-29(24,5)23-13-15-28(4)21(17(2)8-11-25(31)33-6)9-10-22(28)26(23)27(20)32/h17,19-24,26H,7-16H2,1-6H3/t17-,19-,20+,21?,22+,23+,24?,26?,28?,29?/m1/s1. The molecule has 0 heterocycles. The predicted octanol–water partition coefficient (Wildman–Crippen LogP) is 5.98. The number of rotatable bonds is 6. The van der Waals surface area contributed by atoms with Gasteiger partial charge in [-0.3, -0.25) is 14.4 Å². The number of fused-ring (bicyclic) bond motifs is 5. The second-order valence-corrected chi connectivity index (χ2v) is 12.6. The Hall–Kier alpha value is -1.39. The van der Waals surface area contributed by atoms with Gasteiger partial charge >= 0.3 is 11.9 Å². The van der Waals surface area contributed by atoms with Crippen molar-refractivity contribution in [2.24, 2.45) is 52.3 Å². The Labute approximate surface area is 206 Å². The van der Waals surface area contributed by atoms with Crippen molar-refractivity contribution in [3.8, 4) is 0 Å². The summed E-state index contributed by atoms with van der Waals surface area (Å²) in [6.07, 6.45) is 9.67. The van der Waals surface area contributed by atoms with Crippen LogP contribution in [0.15, 0.2) is 0 Å². The summed E-state index contributed by atoms with van der Waals surface area (Å²) in [4.78, 5) is 37.5. The maximum atomic E-state index is 14.2. The van der Waals surface area contributed by atoms with Crippen molar-refractivity contribution in [3.63, 3.8) is 0 Å². The van der Waals surface area contributed by atoms with E-state index in [1.165, 1.54) is 26.9 Å². The molecule has 192 valence electrons. The molecule has 5 nitrogen and oxygen atoms in total. The molecule has 0 amide bonds. The highest BCUT2D eigenvalue weighted by Gasteiger charge is 2.65. The molecular formula is C29H46O5. The Morgan fingerprint density at radius 1 is 1.03 bits per heavy atom. The van der Waals surface area contributed by atoms with Crippen LogP contribution >= 0.6 is 0 Å². The van der Waals surface area contributed by atoms with Crippen molar-refractivity contribution in [1.82, 2.24) is 0 Å². The molecule has 4 saturated carbocycles. The third-order valence-corrected chi connectivity index (χ3v) is 11.2. The molecule has 0 aromatic carbocycles. The van der Waals surface area contributed by atoms with Crippen molar-refractivity contribution in [2.45, 2.75) is 105 Å². The number of hydrogen-bond acceptors (Lipinski definition) is 5. The van der Waals surface area contributed by atoms with Crippen LogP contribution in [0.3, 0.4) is 0 Å². The maximum Gasteiger partial charge on any atom is 0.305 e. The van der Waals surface area contributed by atoms with Gasteiger partial charge in [0.15, 0.2) is 0 Å². The number of Topliss-reactive ketones (excluding diaryl/α,β-unsaturated/α-hetero) is 1. The first-order valence-electron chi connectivity index (χ1n) is 13.8. The zero-order chi connectivity index (χ0) is 24.8. The lowest BCUT2D eigenvalue weighted by molar-refractivity contribution is -0.178. The maximum absolute atomic E-state index is 14.2. The predicted molar refractivity (Wildman–Crippen MR) is 131 cm³/mol. The summed E-state index contributed by atoms with van der Waals surface area (Å²) >= 11 is 0. The van der Waals surface area contributed by atoms with Gasteiger partial charge in [-0.2, -0.15) is 0 Å². The van der Waals surface area contributed by atoms with E-state index < -0.39 is 0 Å². The molecule has 10 atom stereocenters. The SMILES string of the molecule is CC[C@@H]1C(=O)C2[C@@H]3CCC([C@H](C)CCC(=O)OC)C3(C)CC[C@@H]2C2(C)CC[C@@H](OC(C)=O)CC12. The normalized spacial score (nSPS) is 44.4. The topological polar surface area (TPSA) is 69.7 Å². The summed E-state index contributed by atoms with van der Waals surface area (Å²) < 4.78 is 10.5. The molecule has 0 aromatic heterocycles. The van der Waals surface area contributed by atoms with Crippen LogP contribution in [0.25, 0.3) is 0 Å². The van der Waals surface area contributed by atoms with Crippen LogP contribution < -0.4 is 0 Å². The Morgan fingerprint density at radius 3 is 2.35 bits per heavy atom. The summed E-state index contributed by atoms with van der Waals surface area (Å²) in [5.74, 6) is 2.73. The van der Waals surface area contributed by atoms with E-state index in [-0.39, 0.29) is 40.7 Å². The van der Waals surface area contributed by atoms with Crippen molar-refractivity contribution < 1.29 is 23.9 Å². The van der Waals surface area contributed by atoms with E-state index in [1.807, 2.05) is 0 Å². The molecule has 5 heteroatoms. The zero-order valence-electron chi connectivity index (χ0n) is 22.2. The summed E-state index contributed by atoms with van der Waals surface area (Å²) in [6, 6.07) is 0. The summed E-state index contributed by atoms with van der Waals surface area (Å²) in [7, 11) is 1.47. The van der Waals surface area contributed by atoms with Gasteiger partial charge in [0.1, 0.15) is 11.9 Å². The summed E-state index contributed by atoms with van der Waals surface area (Å²) in [5, 5.41) is 0. The van der Waals surface area contributed by atoms with E-state index in [9.17, 15) is 14.4 Å². The van der Waals surface area contributed by atoms with E-state index >= 15 is 0 Å². The van der Waals surface area contributed by atoms with Gasteiger partial charge in [0, 0.05) is 25.2 Å². The van der Waals surface area contributed by atoms with Gasteiger partial charge in [-0.25, -0.2) is 0 Å². The van der Waals surface area contributed by atoms with E-state index in [4.69, 9.17) is 9.47 Å². The minimum absolute atomic E-state index is 0.0330. The van der Waals surface area contributed by atoms with Crippen LogP contribution in [0, 0.1) is 52.3 Å². The average Bonchev–Trinajstić information content (AvgIpc) is 3.15. The fourth-order valence-electron chi connectivity index (χ4n) is 9.59. The zero-order valence-corrected chi connectivity index (χ0v) is 22.2. The van der Waals surface area contributed by atoms with Crippen LogP contribution in [0.2, 0.25) is 0 Å². The molecule has 0 spiro atoms. The molecular weight excluding hydrogens is 428 g/mol. The van der Waals surface area contributed by atoms with Crippen molar-refractivity contribution in [3.05, 3.63) is 0 Å². The lowest BCUT2D eigenvalue weighted by atomic mass is 9.42. The first-order valence-corrected chi connectivity index (χ1v) is 13.8. The number of methoxy groups -OCH3 is 1.